The lowest BCUT2D eigenvalue weighted by molar-refractivity contribution is -0.137. The summed E-state index contributed by atoms with van der Waals surface area (Å²) < 4.78 is 6.77. The molecule has 0 radical (unpaired) electrons. The fourth-order valence-corrected chi connectivity index (χ4v) is 1.59. The van der Waals surface area contributed by atoms with Crippen molar-refractivity contribution in [3.05, 3.63) is 12.2 Å². The van der Waals surface area contributed by atoms with Crippen LogP contribution in [0.25, 0.3) is 0 Å². The number of carbonyl (C=O) groups is 1. The molecule has 1 N–H and O–H groups in total. The molecule has 0 saturated carbocycles. The summed E-state index contributed by atoms with van der Waals surface area (Å²) in [4.78, 5) is 10.5. The molecule has 6 nitrogen and oxygen atoms in total. The van der Waals surface area contributed by atoms with E-state index in [1.54, 1.807) is 4.57 Å². The van der Waals surface area contributed by atoms with Crippen molar-refractivity contribution in [3.63, 3.8) is 0 Å². The van der Waals surface area contributed by atoms with E-state index >= 15 is 0 Å². The highest BCUT2D eigenvalue weighted by atomic mass is 16.5. The summed E-state index contributed by atoms with van der Waals surface area (Å²) in [5.74, 6) is 0.0201. The number of nitrogens with zero attached hydrogens (tertiary/aromatic N) is 3. The van der Waals surface area contributed by atoms with Crippen molar-refractivity contribution in [2.24, 2.45) is 0 Å². The summed E-state index contributed by atoms with van der Waals surface area (Å²) in [5, 5.41) is 16.3. The van der Waals surface area contributed by atoms with Crippen molar-refractivity contribution in [3.8, 4) is 0 Å². The van der Waals surface area contributed by atoms with Crippen LogP contribution in [0.15, 0.2) is 6.33 Å². The van der Waals surface area contributed by atoms with Crippen molar-refractivity contribution in [1.82, 2.24) is 14.8 Å². The second-order valence-electron chi connectivity index (χ2n) is 3.27. The monoisotopic (exact) mass is 197 g/mol. The number of rotatable bonds is 3. The molecule has 1 unspecified atom stereocenters. The molecule has 1 aliphatic rings. The standard InChI is InChI=1S/C8H11N3O3/c12-7(13)3-11-5-9-10-8(11)6-1-2-14-4-6/h5-6H,1-4H2,(H,12,13). The zero-order chi connectivity index (χ0) is 9.97. The van der Waals surface area contributed by atoms with Crippen LogP contribution in [0.2, 0.25) is 0 Å². The number of ether oxygens (including phenoxy) is 1. The highest BCUT2D eigenvalue weighted by Gasteiger charge is 2.23. The van der Waals surface area contributed by atoms with Crippen LogP contribution in [0.1, 0.15) is 18.2 Å². The second-order valence-corrected chi connectivity index (χ2v) is 3.27. The fourth-order valence-electron chi connectivity index (χ4n) is 1.59. The van der Waals surface area contributed by atoms with Crippen LogP contribution in [0.3, 0.4) is 0 Å². The van der Waals surface area contributed by atoms with E-state index in [1.165, 1.54) is 6.33 Å². The van der Waals surface area contributed by atoms with Crippen LogP contribution >= 0.6 is 0 Å². The molecule has 1 aromatic rings. The van der Waals surface area contributed by atoms with E-state index in [1.807, 2.05) is 0 Å². The Labute approximate surface area is 80.5 Å². The Hall–Kier alpha value is -1.43. The maximum absolute atomic E-state index is 10.5. The Bertz CT molecular complexity index is 330. The third-order valence-corrected chi connectivity index (χ3v) is 2.25. The van der Waals surface area contributed by atoms with Crippen molar-refractivity contribution in [1.29, 1.82) is 0 Å². The number of hydrogen-bond donors (Lipinski definition) is 1. The lowest BCUT2D eigenvalue weighted by Gasteiger charge is -2.07. The SMILES string of the molecule is O=C(O)Cn1cnnc1C1CCOC1. The highest BCUT2D eigenvalue weighted by molar-refractivity contribution is 5.66. The first-order chi connectivity index (χ1) is 6.77. The molecule has 0 aromatic carbocycles. The Morgan fingerprint density at radius 3 is 3.29 bits per heavy atom. The molecule has 0 spiro atoms. The summed E-state index contributed by atoms with van der Waals surface area (Å²) >= 11 is 0. The normalized spacial score (nSPS) is 21.3. The zero-order valence-electron chi connectivity index (χ0n) is 7.59. The molecular formula is C8H11N3O3. The summed E-state index contributed by atoms with van der Waals surface area (Å²) in [6, 6.07) is 0. The first kappa shape index (κ1) is 9.14. The van der Waals surface area contributed by atoms with E-state index in [2.05, 4.69) is 10.2 Å². The molecule has 2 rings (SSSR count). The number of carboxylic acids is 1. The van der Waals surface area contributed by atoms with Gasteiger partial charge in [0.05, 0.1) is 6.61 Å². The second kappa shape index (κ2) is 3.75. The van der Waals surface area contributed by atoms with Gasteiger partial charge in [0.2, 0.25) is 0 Å². The van der Waals surface area contributed by atoms with E-state index in [0.29, 0.717) is 19.0 Å². The van der Waals surface area contributed by atoms with Crippen LogP contribution in [0, 0.1) is 0 Å². The van der Waals surface area contributed by atoms with Crippen LogP contribution in [-0.4, -0.2) is 39.1 Å². The molecule has 1 saturated heterocycles. The van der Waals surface area contributed by atoms with E-state index in [-0.39, 0.29) is 12.5 Å². The van der Waals surface area contributed by atoms with Gasteiger partial charge < -0.3 is 14.4 Å². The predicted molar refractivity (Wildman–Crippen MR) is 45.8 cm³/mol. The van der Waals surface area contributed by atoms with Crippen molar-refractivity contribution < 1.29 is 14.6 Å². The van der Waals surface area contributed by atoms with E-state index in [4.69, 9.17) is 9.84 Å². The zero-order valence-corrected chi connectivity index (χ0v) is 7.59. The third kappa shape index (κ3) is 1.74. The minimum Gasteiger partial charge on any atom is -0.480 e. The average molecular weight is 197 g/mol. The van der Waals surface area contributed by atoms with Crippen molar-refractivity contribution in [2.75, 3.05) is 13.2 Å². The minimum atomic E-state index is -0.884. The molecule has 76 valence electrons. The van der Waals surface area contributed by atoms with Gasteiger partial charge in [-0.15, -0.1) is 10.2 Å². The Kier molecular flexibility index (Phi) is 2.45. The molecule has 14 heavy (non-hydrogen) atoms. The predicted octanol–water partition coefficient (Wildman–Crippen LogP) is -0.133. The topological polar surface area (TPSA) is 77.2 Å². The van der Waals surface area contributed by atoms with Crippen LogP contribution in [-0.2, 0) is 16.1 Å². The Balaban J connectivity index is 2.15. The molecule has 1 fully saturated rings. The summed E-state index contributed by atoms with van der Waals surface area (Å²) in [6.07, 6.45) is 2.33. The molecule has 0 aliphatic carbocycles. The number of aliphatic carboxylic acids is 1. The fraction of sp³-hybridized carbons (Fsp3) is 0.625. The first-order valence-corrected chi connectivity index (χ1v) is 4.44. The first-order valence-electron chi connectivity index (χ1n) is 4.44. The van der Waals surface area contributed by atoms with Crippen molar-refractivity contribution in [2.45, 2.75) is 18.9 Å². The summed E-state index contributed by atoms with van der Waals surface area (Å²) in [5.41, 5.74) is 0. The van der Waals surface area contributed by atoms with Crippen LogP contribution < -0.4 is 0 Å². The lowest BCUT2D eigenvalue weighted by Crippen LogP contribution is -2.14. The molecule has 1 atom stereocenters. The van der Waals surface area contributed by atoms with E-state index in [9.17, 15) is 4.79 Å². The van der Waals surface area contributed by atoms with Gasteiger partial charge in [-0.05, 0) is 6.42 Å². The van der Waals surface area contributed by atoms with Gasteiger partial charge >= 0.3 is 5.97 Å². The van der Waals surface area contributed by atoms with Gasteiger partial charge in [0.1, 0.15) is 18.7 Å². The Morgan fingerprint density at radius 1 is 1.79 bits per heavy atom. The van der Waals surface area contributed by atoms with Crippen molar-refractivity contribution >= 4 is 5.97 Å². The molecule has 0 amide bonds. The molecule has 0 bridgehead atoms. The molecule has 2 heterocycles. The van der Waals surface area contributed by atoms with E-state index in [0.717, 1.165) is 6.42 Å². The van der Waals surface area contributed by atoms with Gasteiger partial charge in [0.15, 0.2) is 0 Å². The number of hydrogen-bond acceptors (Lipinski definition) is 4. The quantitative estimate of drug-likeness (QED) is 0.730. The van der Waals surface area contributed by atoms with Gasteiger partial charge in [-0.2, -0.15) is 0 Å². The molecule has 1 aliphatic heterocycles. The van der Waals surface area contributed by atoms with E-state index < -0.39 is 5.97 Å². The summed E-state index contributed by atoms with van der Waals surface area (Å²) in [7, 11) is 0. The smallest absolute Gasteiger partial charge is 0.323 e. The van der Waals surface area contributed by atoms with Crippen LogP contribution in [0.4, 0.5) is 0 Å². The molecular weight excluding hydrogens is 186 g/mol. The minimum absolute atomic E-state index is 0.0845. The summed E-state index contributed by atoms with van der Waals surface area (Å²) in [6.45, 7) is 1.24. The molecule has 1 aromatic heterocycles. The Morgan fingerprint density at radius 2 is 2.64 bits per heavy atom. The maximum atomic E-state index is 10.5. The maximum Gasteiger partial charge on any atom is 0.323 e. The van der Waals surface area contributed by atoms with Gasteiger partial charge in [-0.25, -0.2) is 0 Å². The van der Waals surface area contributed by atoms with Gasteiger partial charge in [0, 0.05) is 12.5 Å². The van der Waals surface area contributed by atoms with Gasteiger partial charge in [-0.3, -0.25) is 4.79 Å². The lowest BCUT2D eigenvalue weighted by atomic mass is 10.1. The third-order valence-electron chi connectivity index (χ3n) is 2.25. The largest absolute Gasteiger partial charge is 0.480 e. The average Bonchev–Trinajstić information content (AvgIpc) is 2.70. The molecule has 6 heteroatoms. The van der Waals surface area contributed by atoms with Crippen LogP contribution in [0.5, 0.6) is 0 Å². The van der Waals surface area contributed by atoms with Gasteiger partial charge in [0.25, 0.3) is 0 Å². The number of aromatic nitrogens is 3. The van der Waals surface area contributed by atoms with Gasteiger partial charge in [-0.1, -0.05) is 0 Å². The highest BCUT2D eigenvalue weighted by Crippen LogP contribution is 2.22. The number of carboxylic acid groups (broad SMARTS) is 1.